The molecule has 0 aliphatic rings. The molecular formula is C14H22N2O4. The molecule has 1 rings (SSSR count). The number of rotatable bonds is 8. The number of phenolic OH excluding ortho intramolecular Hbond substituents is 1. The van der Waals surface area contributed by atoms with Crippen molar-refractivity contribution in [3.05, 3.63) is 23.8 Å². The first kappa shape index (κ1) is 16.3. The maximum absolute atomic E-state index is 12.4. The van der Waals surface area contributed by atoms with Gasteiger partial charge in [0, 0.05) is 25.8 Å². The van der Waals surface area contributed by atoms with Crippen LogP contribution in [0.5, 0.6) is 11.5 Å². The van der Waals surface area contributed by atoms with E-state index in [1.165, 1.54) is 13.2 Å². The van der Waals surface area contributed by atoms with Gasteiger partial charge in [-0.25, -0.2) is 0 Å². The molecule has 1 aromatic rings. The van der Waals surface area contributed by atoms with Crippen molar-refractivity contribution in [1.29, 1.82) is 0 Å². The van der Waals surface area contributed by atoms with Crippen molar-refractivity contribution >= 4 is 5.91 Å². The van der Waals surface area contributed by atoms with Crippen LogP contribution in [0.1, 0.15) is 16.8 Å². The smallest absolute Gasteiger partial charge is 0.254 e. The lowest BCUT2D eigenvalue weighted by Crippen LogP contribution is -2.35. The van der Waals surface area contributed by atoms with Gasteiger partial charge in [-0.1, -0.05) is 0 Å². The third-order valence-corrected chi connectivity index (χ3v) is 2.91. The molecule has 0 saturated heterocycles. The first-order valence-electron chi connectivity index (χ1n) is 6.49. The number of hydrogen-bond acceptors (Lipinski definition) is 5. The van der Waals surface area contributed by atoms with E-state index in [0.717, 1.165) is 6.42 Å². The van der Waals surface area contributed by atoms with Gasteiger partial charge < -0.3 is 25.2 Å². The van der Waals surface area contributed by atoms with Crippen molar-refractivity contribution in [2.45, 2.75) is 6.42 Å². The van der Waals surface area contributed by atoms with Gasteiger partial charge in [-0.15, -0.1) is 0 Å². The Bertz CT molecular complexity index is 429. The maximum Gasteiger partial charge on any atom is 0.254 e. The predicted molar refractivity (Wildman–Crippen MR) is 76.1 cm³/mol. The second-order valence-electron chi connectivity index (χ2n) is 4.31. The Kier molecular flexibility index (Phi) is 6.83. The van der Waals surface area contributed by atoms with Gasteiger partial charge in [-0.05, 0) is 31.2 Å². The Hall–Kier alpha value is -1.79. The van der Waals surface area contributed by atoms with Crippen molar-refractivity contribution in [1.82, 2.24) is 4.90 Å². The number of hydrogen-bond donors (Lipinski definition) is 2. The van der Waals surface area contributed by atoms with E-state index >= 15 is 0 Å². The SMILES string of the molecule is COCCN(CCCN)C(=O)c1ccc(OC)c(O)c1. The molecule has 0 atom stereocenters. The highest BCUT2D eigenvalue weighted by molar-refractivity contribution is 5.94. The number of ether oxygens (including phenoxy) is 2. The Balaban J connectivity index is 2.84. The van der Waals surface area contributed by atoms with Crippen LogP contribution in [0.3, 0.4) is 0 Å². The Labute approximate surface area is 119 Å². The quantitative estimate of drug-likeness (QED) is 0.738. The highest BCUT2D eigenvalue weighted by atomic mass is 16.5. The number of carbonyl (C=O) groups is 1. The van der Waals surface area contributed by atoms with Gasteiger partial charge in [0.05, 0.1) is 13.7 Å². The molecule has 0 aliphatic heterocycles. The van der Waals surface area contributed by atoms with Crippen LogP contribution < -0.4 is 10.5 Å². The molecule has 0 bridgehead atoms. The minimum Gasteiger partial charge on any atom is -0.504 e. The van der Waals surface area contributed by atoms with Gasteiger partial charge >= 0.3 is 0 Å². The minimum atomic E-state index is -0.159. The highest BCUT2D eigenvalue weighted by Crippen LogP contribution is 2.26. The molecule has 6 nitrogen and oxygen atoms in total. The van der Waals surface area contributed by atoms with E-state index in [1.807, 2.05) is 0 Å². The number of benzene rings is 1. The van der Waals surface area contributed by atoms with Crippen molar-refractivity contribution in [3.8, 4) is 11.5 Å². The summed E-state index contributed by atoms with van der Waals surface area (Å²) < 4.78 is 9.96. The molecule has 0 saturated carbocycles. The monoisotopic (exact) mass is 282 g/mol. The Morgan fingerprint density at radius 2 is 2.10 bits per heavy atom. The van der Waals surface area contributed by atoms with Crippen molar-refractivity contribution < 1.29 is 19.4 Å². The Morgan fingerprint density at radius 1 is 1.35 bits per heavy atom. The van der Waals surface area contributed by atoms with E-state index in [9.17, 15) is 9.90 Å². The van der Waals surface area contributed by atoms with E-state index in [1.54, 1.807) is 24.1 Å². The first-order valence-corrected chi connectivity index (χ1v) is 6.49. The van der Waals surface area contributed by atoms with Crippen LogP contribution in [0.25, 0.3) is 0 Å². The zero-order valence-corrected chi connectivity index (χ0v) is 12.0. The molecule has 0 aromatic heterocycles. The second-order valence-corrected chi connectivity index (χ2v) is 4.31. The third-order valence-electron chi connectivity index (χ3n) is 2.91. The second kappa shape index (κ2) is 8.39. The molecule has 112 valence electrons. The number of methoxy groups -OCH3 is 2. The first-order chi connectivity index (χ1) is 9.63. The summed E-state index contributed by atoms with van der Waals surface area (Å²) in [5.41, 5.74) is 5.89. The number of amides is 1. The number of nitrogens with zero attached hydrogens (tertiary/aromatic N) is 1. The molecule has 6 heteroatoms. The van der Waals surface area contributed by atoms with E-state index in [2.05, 4.69) is 0 Å². The molecule has 1 aromatic carbocycles. The van der Waals surface area contributed by atoms with Gasteiger partial charge in [0.1, 0.15) is 0 Å². The summed E-state index contributed by atoms with van der Waals surface area (Å²) in [6, 6.07) is 4.60. The van der Waals surface area contributed by atoms with Crippen molar-refractivity contribution in [2.24, 2.45) is 5.73 Å². The normalized spacial score (nSPS) is 10.3. The number of phenols is 1. The highest BCUT2D eigenvalue weighted by Gasteiger charge is 2.16. The average molecular weight is 282 g/mol. The lowest BCUT2D eigenvalue weighted by Gasteiger charge is -2.22. The summed E-state index contributed by atoms with van der Waals surface area (Å²) >= 11 is 0. The molecule has 0 unspecified atom stereocenters. The summed E-state index contributed by atoms with van der Waals surface area (Å²) in [6.45, 7) is 2.02. The average Bonchev–Trinajstić information content (AvgIpc) is 2.46. The molecule has 0 spiro atoms. The van der Waals surface area contributed by atoms with Gasteiger partial charge in [0.15, 0.2) is 11.5 Å². The van der Waals surface area contributed by atoms with Crippen LogP contribution in [0.4, 0.5) is 0 Å². The van der Waals surface area contributed by atoms with E-state index in [0.29, 0.717) is 37.6 Å². The number of aromatic hydroxyl groups is 1. The molecule has 0 radical (unpaired) electrons. The third kappa shape index (κ3) is 4.40. The summed E-state index contributed by atoms with van der Waals surface area (Å²) in [6.07, 6.45) is 0.720. The summed E-state index contributed by atoms with van der Waals surface area (Å²) in [5.74, 6) is 0.129. The topological polar surface area (TPSA) is 85.0 Å². The fourth-order valence-electron chi connectivity index (χ4n) is 1.80. The molecule has 20 heavy (non-hydrogen) atoms. The molecule has 0 heterocycles. The fourth-order valence-corrected chi connectivity index (χ4v) is 1.80. The van der Waals surface area contributed by atoms with Gasteiger partial charge in [-0.3, -0.25) is 4.79 Å². The van der Waals surface area contributed by atoms with Crippen LogP contribution in [0.15, 0.2) is 18.2 Å². The zero-order valence-electron chi connectivity index (χ0n) is 12.0. The molecular weight excluding hydrogens is 260 g/mol. The van der Waals surface area contributed by atoms with Crippen LogP contribution in [-0.4, -0.2) is 56.4 Å². The van der Waals surface area contributed by atoms with Gasteiger partial charge in [0.25, 0.3) is 5.91 Å². The lowest BCUT2D eigenvalue weighted by molar-refractivity contribution is 0.0694. The van der Waals surface area contributed by atoms with Crippen LogP contribution in [-0.2, 0) is 4.74 Å². The minimum absolute atomic E-state index is 0.0520. The Morgan fingerprint density at radius 3 is 2.65 bits per heavy atom. The maximum atomic E-state index is 12.4. The standard InChI is InChI=1S/C14H22N2O4/c1-19-9-8-16(7-3-6-15)14(18)11-4-5-13(20-2)12(17)10-11/h4-5,10,17H,3,6-9,15H2,1-2H3. The van der Waals surface area contributed by atoms with Gasteiger partial charge in [0.2, 0.25) is 0 Å². The van der Waals surface area contributed by atoms with Crippen LogP contribution >= 0.6 is 0 Å². The largest absolute Gasteiger partial charge is 0.504 e. The fraction of sp³-hybridized carbons (Fsp3) is 0.500. The van der Waals surface area contributed by atoms with Gasteiger partial charge in [-0.2, -0.15) is 0 Å². The molecule has 0 aliphatic carbocycles. The zero-order chi connectivity index (χ0) is 15.0. The van der Waals surface area contributed by atoms with E-state index < -0.39 is 0 Å². The van der Waals surface area contributed by atoms with Crippen LogP contribution in [0.2, 0.25) is 0 Å². The van der Waals surface area contributed by atoms with E-state index in [4.69, 9.17) is 15.2 Å². The number of nitrogens with two attached hydrogens (primary N) is 1. The number of carbonyl (C=O) groups excluding carboxylic acids is 1. The van der Waals surface area contributed by atoms with E-state index in [-0.39, 0.29) is 11.7 Å². The lowest BCUT2D eigenvalue weighted by atomic mass is 10.1. The molecule has 1 amide bonds. The summed E-state index contributed by atoms with van der Waals surface area (Å²) in [4.78, 5) is 14.1. The molecule has 0 fully saturated rings. The predicted octanol–water partition coefficient (Wildman–Crippen LogP) is 0.838. The van der Waals surface area contributed by atoms with Crippen LogP contribution in [0, 0.1) is 0 Å². The summed E-state index contributed by atoms with van der Waals surface area (Å²) in [7, 11) is 3.05. The van der Waals surface area contributed by atoms with Crippen molar-refractivity contribution in [2.75, 3.05) is 40.5 Å². The summed E-state index contributed by atoms with van der Waals surface area (Å²) in [5, 5.41) is 9.73. The molecule has 3 N–H and O–H groups in total. The van der Waals surface area contributed by atoms with Crippen molar-refractivity contribution in [3.63, 3.8) is 0 Å².